The fourth-order valence-electron chi connectivity index (χ4n) is 5.47. The van der Waals surface area contributed by atoms with Crippen molar-refractivity contribution in [2.45, 2.75) is 24.9 Å². The summed E-state index contributed by atoms with van der Waals surface area (Å²) in [4.78, 5) is 41.3. The fourth-order valence-corrected chi connectivity index (χ4v) is 5.47. The van der Waals surface area contributed by atoms with Gasteiger partial charge in [0.1, 0.15) is 28.7 Å². The first-order valence-corrected chi connectivity index (χ1v) is 10.5. The van der Waals surface area contributed by atoms with Gasteiger partial charge < -0.3 is 26.2 Å². The van der Waals surface area contributed by atoms with Crippen LogP contribution in [0.15, 0.2) is 47.5 Å². The lowest BCUT2D eigenvalue weighted by atomic mass is 9.59. The minimum atomic E-state index is -2.62. The lowest BCUT2D eigenvalue weighted by molar-refractivity contribution is -0.147. The topological polar surface area (TPSA) is 171 Å². The first kappa shape index (κ1) is 21.8. The molecule has 3 aliphatic rings. The summed E-state index contributed by atoms with van der Waals surface area (Å²) in [5.41, 5.74) is 2.30. The summed E-state index contributed by atoms with van der Waals surface area (Å²) in [5.74, 6) is -7.67. The first-order chi connectivity index (χ1) is 16.1. The molecule has 0 aliphatic heterocycles. The number of hydrogen-bond donors (Lipinski definition) is 5. The molecule has 1 heterocycles. The van der Waals surface area contributed by atoms with E-state index in [1.54, 1.807) is 0 Å². The average Bonchev–Trinajstić information content (AvgIpc) is 2.77. The number of ketones is 2. The molecule has 34 heavy (non-hydrogen) atoms. The van der Waals surface area contributed by atoms with Crippen molar-refractivity contribution in [1.82, 2.24) is 4.98 Å². The van der Waals surface area contributed by atoms with Crippen LogP contribution in [0.3, 0.4) is 0 Å². The van der Waals surface area contributed by atoms with E-state index in [1.807, 2.05) is 0 Å². The Hall–Kier alpha value is -4.05. The standard InChI is InChI=1S/C24H19FN2O7/c25-14-8-27-4-3-12(14)11-1-2-15(28)18-13(11)6-9-5-10-7-16(29)19(23(26)33)22(32)24(10,34)21(31)17(9)20(18)30/h1-4,8-10,28,30,32,34H,5-7H2,(H2,26,33). The Morgan fingerprint density at radius 2 is 1.85 bits per heavy atom. The SMILES string of the molecule is NC(=O)C1=C(O)C2(O)C(=O)C3=C(O)c4c(O)ccc(-c5ccncc5F)c4CC3CC2CC1=O. The molecule has 0 spiro atoms. The number of carbonyl (C=O) groups excluding carboxylic acids is 3. The Bertz CT molecular complexity index is 1380. The van der Waals surface area contributed by atoms with Crippen molar-refractivity contribution in [2.24, 2.45) is 17.6 Å². The molecule has 5 rings (SSSR count). The summed E-state index contributed by atoms with van der Waals surface area (Å²) >= 11 is 0. The number of aromatic nitrogens is 1. The number of aliphatic hydroxyl groups is 3. The highest BCUT2D eigenvalue weighted by molar-refractivity contribution is 6.22. The average molecular weight is 466 g/mol. The molecule has 6 N–H and O–H groups in total. The Labute approximate surface area is 191 Å². The summed E-state index contributed by atoms with van der Waals surface area (Å²) < 4.78 is 14.5. The number of carbonyl (C=O) groups is 3. The van der Waals surface area contributed by atoms with Crippen LogP contribution >= 0.6 is 0 Å². The van der Waals surface area contributed by atoms with Crippen LogP contribution in [-0.2, 0) is 20.8 Å². The quantitative estimate of drug-likeness (QED) is 0.416. The molecule has 0 radical (unpaired) electrons. The predicted molar refractivity (Wildman–Crippen MR) is 115 cm³/mol. The van der Waals surface area contributed by atoms with Crippen molar-refractivity contribution >= 4 is 23.2 Å². The molecule has 0 saturated heterocycles. The number of rotatable bonds is 2. The Kier molecular flexibility index (Phi) is 4.63. The Morgan fingerprint density at radius 1 is 1.12 bits per heavy atom. The molecule has 1 aromatic carbocycles. The summed E-state index contributed by atoms with van der Waals surface area (Å²) in [6.07, 6.45) is 2.09. The number of aromatic hydroxyl groups is 1. The molecule has 174 valence electrons. The van der Waals surface area contributed by atoms with E-state index in [4.69, 9.17) is 5.73 Å². The molecule has 9 nitrogen and oxygen atoms in total. The number of aliphatic hydroxyl groups excluding tert-OH is 2. The van der Waals surface area contributed by atoms with Crippen molar-refractivity contribution in [3.8, 4) is 16.9 Å². The van der Waals surface area contributed by atoms with Gasteiger partial charge in [-0.1, -0.05) is 6.07 Å². The van der Waals surface area contributed by atoms with Crippen LogP contribution in [0.2, 0.25) is 0 Å². The summed E-state index contributed by atoms with van der Waals surface area (Å²) in [6.45, 7) is 0. The van der Waals surface area contributed by atoms with Gasteiger partial charge in [0.15, 0.2) is 11.4 Å². The number of halogens is 1. The second-order valence-electron chi connectivity index (χ2n) is 8.75. The van der Waals surface area contributed by atoms with Gasteiger partial charge in [-0.05, 0) is 42.0 Å². The van der Waals surface area contributed by atoms with E-state index in [9.17, 15) is 39.2 Å². The molecule has 3 atom stereocenters. The molecule has 3 aliphatic carbocycles. The van der Waals surface area contributed by atoms with Crippen LogP contribution < -0.4 is 5.73 Å². The summed E-state index contributed by atoms with van der Waals surface area (Å²) in [5, 5.41) is 43.4. The number of amides is 1. The van der Waals surface area contributed by atoms with Gasteiger partial charge in [0.2, 0.25) is 5.78 Å². The number of phenols is 1. The lowest BCUT2D eigenvalue weighted by Crippen LogP contribution is -2.58. The molecule has 10 heteroatoms. The fraction of sp³-hybridized carbons (Fsp3) is 0.250. The van der Waals surface area contributed by atoms with E-state index in [-0.39, 0.29) is 35.3 Å². The molecule has 2 aromatic rings. The molecular formula is C24H19FN2O7. The van der Waals surface area contributed by atoms with E-state index >= 15 is 0 Å². The van der Waals surface area contributed by atoms with Gasteiger partial charge in [0.25, 0.3) is 5.91 Å². The largest absolute Gasteiger partial charge is 0.508 e. The van der Waals surface area contributed by atoms with E-state index in [0.29, 0.717) is 11.1 Å². The highest BCUT2D eigenvalue weighted by Crippen LogP contribution is 2.53. The van der Waals surface area contributed by atoms with Crippen molar-refractivity contribution in [3.63, 3.8) is 0 Å². The van der Waals surface area contributed by atoms with Gasteiger partial charge in [-0.3, -0.25) is 19.4 Å². The zero-order valence-corrected chi connectivity index (χ0v) is 17.6. The van der Waals surface area contributed by atoms with Crippen molar-refractivity contribution in [2.75, 3.05) is 0 Å². The Morgan fingerprint density at radius 3 is 2.53 bits per heavy atom. The minimum absolute atomic E-state index is 0.00314. The highest BCUT2D eigenvalue weighted by atomic mass is 19.1. The molecule has 0 bridgehead atoms. The second-order valence-corrected chi connectivity index (χ2v) is 8.75. The van der Waals surface area contributed by atoms with Gasteiger partial charge in [0.05, 0.1) is 11.8 Å². The zero-order chi connectivity index (χ0) is 24.5. The van der Waals surface area contributed by atoms with E-state index < -0.39 is 64.2 Å². The number of benzene rings is 1. The van der Waals surface area contributed by atoms with Crippen LogP contribution in [0, 0.1) is 17.7 Å². The maximum absolute atomic E-state index is 14.5. The van der Waals surface area contributed by atoms with Crippen molar-refractivity contribution in [3.05, 3.63) is 64.4 Å². The van der Waals surface area contributed by atoms with E-state index in [1.165, 1.54) is 24.4 Å². The number of primary amides is 1. The van der Waals surface area contributed by atoms with E-state index in [0.717, 1.165) is 6.20 Å². The van der Waals surface area contributed by atoms with Crippen LogP contribution in [0.25, 0.3) is 16.9 Å². The maximum Gasteiger partial charge on any atom is 0.255 e. The first-order valence-electron chi connectivity index (χ1n) is 10.5. The van der Waals surface area contributed by atoms with Crippen LogP contribution in [0.4, 0.5) is 4.39 Å². The number of phenolic OH excluding ortho intramolecular Hbond substituents is 1. The number of nitrogens with zero attached hydrogens (tertiary/aromatic N) is 1. The van der Waals surface area contributed by atoms with Gasteiger partial charge in [-0.25, -0.2) is 4.39 Å². The third kappa shape index (κ3) is 2.75. The van der Waals surface area contributed by atoms with Crippen LogP contribution in [-0.4, -0.2) is 48.5 Å². The molecule has 1 saturated carbocycles. The van der Waals surface area contributed by atoms with Gasteiger partial charge in [-0.2, -0.15) is 0 Å². The zero-order valence-electron chi connectivity index (χ0n) is 17.6. The minimum Gasteiger partial charge on any atom is -0.508 e. The highest BCUT2D eigenvalue weighted by Gasteiger charge is 2.60. The Balaban J connectivity index is 1.73. The molecule has 3 unspecified atom stereocenters. The number of nitrogens with two attached hydrogens (primary N) is 1. The predicted octanol–water partition coefficient (Wildman–Crippen LogP) is 1.63. The summed E-state index contributed by atoms with van der Waals surface area (Å²) in [7, 11) is 0. The monoisotopic (exact) mass is 466 g/mol. The third-order valence-electron chi connectivity index (χ3n) is 7.01. The van der Waals surface area contributed by atoms with Crippen LogP contribution in [0.1, 0.15) is 24.0 Å². The maximum atomic E-state index is 14.5. The van der Waals surface area contributed by atoms with Gasteiger partial charge in [0, 0.05) is 29.7 Å². The number of fused-ring (bicyclic) bond motifs is 3. The normalized spacial score (nSPS) is 26.2. The molecule has 1 amide bonds. The molecular weight excluding hydrogens is 447 g/mol. The second kappa shape index (κ2) is 7.22. The number of Topliss-reactive ketones (excluding diaryl/α,β-unsaturated/α-hetero) is 2. The van der Waals surface area contributed by atoms with E-state index in [2.05, 4.69) is 4.98 Å². The summed E-state index contributed by atoms with van der Waals surface area (Å²) in [6, 6.07) is 4.18. The molecule has 1 aromatic heterocycles. The smallest absolute Gasteiger partial charge is 0.255 e. The third-order valence-corrected chi connectivity index (χ3v) is 7.01. The number of hydrogen-bond acceptors (Lipinski definition) is 8. The van der Waals surface area contributed by atoms with Gasteiger partial charge in [-0.15, -0.1) is 0 Å². The van der Waals surface area contributed by atoms with Crippen molar-refractivity contribution < 1.29 is 39.2 Å². The lowest BCUT2D eigenvalue weighted by Gasteiger charge is -2.46. The molecule has 1 fully saturated rings. The van der Waals surface area contributed by atoms with Gasteiger partial charge >= 0.3 is 0 Å². The number of pyridine rings is 1. The van der Waals surface area contributed by atoms with Crippen molar-refractivity contribution in [1.29, 1.82) is 0 Å². The van der Waals surface area contributed by atoms with Crippen LogP contribution in [0.5, 0.6) is 5.75 Å².